The zero-order valence-corrected chi connectivity index (χ0v) is 12.2. The molecule has 0 fully saturated rings. The summed E-state index contributed by atoms with van der Waals surface area (Å²) >= 11 is 0. The summed E-state index contributed by atoms with van der Waals surface area (Å²) in [5.41, 5.74) is 2.22. The number of benzene rings is 1. The number of aryl methyl sites for hydroxylation is 1. The molecule has 0 saturated carbocycles. The lowest BCUT2D eigenvalue weighted by atomic mass is 10.2. The summed E-state index contributed by atoms with van der Waals surface area (Å²) in [6, 6.07) is 9.78. The number of methoxy groups -OCH3 is 1. The van der Waals surface area contributed by atoms with Crippen LogP contribution < -0.4 is 10.3 Å². The fraction of sp³-hybridized carbons (Fsp3) is 0.235. The number of hydrogen-bond acceptors (Lipinski definition) is 2. The fourth-order valence-corrected chi connectivity index (χ4v) is 2.58. The van der Waals surface area contributed by atoms with Crippen LogP contribution in [0.25, 0.3) is 10.8 Å². The maximum absolute atomic E-state index is 12.5. The Hall–Kier alpha value is -2.49. The second-order valence-corrected chi connectivity index (χ2v) is 5.04. The Morgan fingerprint density at radius 2 is 1.90 bits per heavy atom. The molecule has 4 heteroatoms. The van der Waals surface area contributed by atoms with Gasteiger partial charge >= 0.3 is 0 Å². The lowest BCUT2D eigenvalue weighted by Gasteiger charge is -2.07. The van der Waals surface area contributed by atoms with Crippen molar-refractivity contribution in [2.24, 2.45) is 0 Å². The molecule has 0 amide bonds. The lowest BCUT2D eigenvalue weighted by molar-refractivity contribution is 0.414. The Kier molecular flexibility index (Phi) is 3.52. The molecule has 0 spiro atoms. The smallest absolute Gasteiger partial charge is 0.260 e. The maximum Gasteiger partial charge on any atom is 0.260 e. The van der Waals surface area contributed by atoms with E-state index in [0.29, 0.717) is 6.54 Å². The number of aromatic nitrogens is 2. The van der Waals surface area contributed by atoms with E-state index in [1.54, 1.807) is 17.9 Å². The molecule has 0 unspecified atom stereocenters. The normalized spacial score (nSPS) is 11.0. The molecule has 0 bridgehead atoms. The van der Waals surface area contributed by atoms with Gasteiger partial charge in [0.2, 0.25) is 0 Å². The van der Waals surface area contributed by atoms with Gasteiger partial charge in [0.15, 0.2) is 0 Å². The third-order valence-electron chi connectivity index (χ3n) is 3.78. The molecular weight excluding hydrogens is 264 g/mol. The van der Waals surface area contributed by atoms with E-state index in [1.807, 2.05) is 36.5 Å². The Morgan fingerprint density at radius 3 is 2.57 bits per heavy atom. The van der Waals surface area contributed by atoms with Gasteiger partial charge < -0.3 is 14.3 Å². The van der Waals surface area contributed by atoms with Crippen molar-refractivity contribution in [1.82, 2.24) is 9.55 Å². The molecule has 0 radical (unpaired) electrons. The van der Waals surface area contributed by atoms with Crippen molar-refractivity contribution in [2.75, 3.05) is 7.11 Å². The van der Waals surface area contributed by atoms with Crippen LogP contribution in [0.5, 0.6) is 5.75 Å². The van der Waals surface area contributed by atoms with Gasteiger partial charge in [-0.15, -0.1) is 0 Å². The van der Waals surface area contributed by atoms with Crippen LogP contribution in [0, 0.1) is 0 Å². The second kappa shape index (κ2) is 5.48. The predicted octanol–water partition coefficient (Wildman–Crippen LogP) is 2.95. The number of hydrogen-bond donors (Lipinski definition) is 1. The quantitative estimate of drug-likeness (QED) is 0.799. The highest BCUT2D eigenvalue weighted by Gasteiger charge is 2.08. The molecule has 1 N–H and O–H groups in total. The van der Waals surface area contributed by atoms with Crippen LogP contribution in [-0.2, 0) is 13.0 Å². The molecule has 21 heavy (non-hydrogen) atoms. The van der Waals surface area contributed by atoms with Crippen molar-refractivity contribution >= 4 is 10.8 Å². The molecule has 1 aromatic carbocycles. The second-order valence-electron chi connectivity index (χ2n) is 5.04. The molecule has 0 aliphatic heterocycles. The van der Waals surface area contributed by atoms with Gasteiger partial charge in [0, 0.05) is 23.5 Å². The largest absolute Gasteiger partial charge is 0.497 e. The van der Waals surface area contributed by atoms with Crippen LogP contribution in [0.15, 0.2) is 47.5 Å². The van der Waals surface area contributed by atoms with E-state index in [1.165, 1.54) is 0 Å². The highest BCUT2D eigenvalue weighted by atomic mass is 16.5. The van der Waals surface area contributed by atoms with E-state index < -0.39 is 0 Å². The molecule has 0 saturated heterocycles. The lowest BCUT2D eigenvalue weighted by Crippen LogP contribution is -2.19. The Bertz CT molecular complexity index is 813. The first-order valence-electron chi connectivity index (χ1n) is 7.05. The average Bonchev–Trinajstić information content (AvgIpc) is 2.94. The third kappa shape index (κ3) is 2.44. The van der Waals surface area contributed by atoms with E-state index in [2.05, 4.69) is 11.9 Å². The van der Waals surface area contributed by atoms with E-state index in [0.717, 1.165) is 34.2 Å². The molecule has 3 aromatic rings. The van der Waals surface area contributed by atoms with Crippen LogP contribution in [-0.4, -0.2) is 16.7 Å². The summed E-state index contributed by atoms with van der Waals surface area (Å²) in [6.45, 7) is 2.64. The monoisotopic (exact) mass is 282 g/mol. The zero-order valence-electron chi connectivity index (χ0n) is 12.2. The SMILES string of the molecule is CCc1[nH]cc2c(=O)n(Cc3ccc(OC)cc3)ccc12. The van der Waals surface area contributed by atoms with E-state index in [9.17, 15) is 4.79 Å². The molecule has 4 nitrogen and oxygen atoms in total. The number of fused-ring (bicyclic) bond motifs is 1. The van der Waals surface area contributed by atoms with Gasteiger partial charge in [-0.25, -0.2) is 0 Å². The standard InChI is InChI=1S/C17H18N2O2/c1-3-16-14-8-9-19(17(20)15(14)10-18-16)11-12-4-6-13(21-2)7-5-12/h4-10,18H,3,11H2,1-2H3. The van der Waals surface area contributed by atoms with Crippen LogP contribution in [0.2, 0.25) is 0 Å². The first-order chi connectivity index (χ1) is 10.2. The number of nitrogens with zero attached hydrogens (tertiary/aromatic N) is 1. The molecule has 0 aliphatic carbocycles. The fourth-order valence-electron chi connectivity index (χ4n) is 2.58. The molecule has 2 heterocycles. The Labute approximate surface area is 123 Å². The van der Waals surface area contributed by atoms with Crippen molar-refractivity contribution in [1.29, 1.82) is 0 Å². The van der Waals surface area contributed by atoms with Gasteiger partial charge in [-0.05, 0) is 30.2 Å². The van der Waals surface area contributed by atoms with Crippen LogP contribution in [0.3, 0.4) is 0 Å². The number of pyridine rings is 1. The van der Waals surface area contributed by atoms with E-state index >= 15 is 0 Å². The Balaban J connectivity index is 1.97. The average molecular weight is 282 g/mol. The highest BCUT2D eigenvalue weighted by Crippen LogP contribution is 2.16. The van der Waals surface area contributed by atoms with Gasteiger partial charge in [0.25, 0.3) is 5.56 Å². The van der Waals surface area contributed by atoms with Crippen molar-refractivity contribution in [3.05, 3.63) is 64.3 Å². The van der Waals surface area contributed by atoms with Gasteiger partial charge in [-0.2, -0.15) is 0 Å². The number of rotatable bonds is 4. The molecule has 0 aliphatic rings. The summed E-state index contributed by atoms with van der Waals surface area (Å²) in [7, 11) is 1.64. The maximum atomic E-state index is 12.5. The highest BCUT2D eigenvalue weighted by molar-refractivity contribution is 5.84. The first-order valence-corrected chi connectivity index (χ1v) is 7.05. The summed E-state index contributed by atoms with van der Waals surface area (Å²) < 4.78 is 6.88. The van der Waals surface area contributed by atoms with Crippen LogP contribution in [0.4, 0.5) is 0 Å². The summed E-state index contributed by atoms with van der Waals surface area (Å²) in [6.07, 6.45) is 4.56. The molecule has 108 valence electrons. The molecule has 2 aromatic heterocycles. The number of ether oxygens (including phenoxy) is 1. The minimum atomic E-state index is 0.0410. The molecule has 3 rings (SSSR count). The van der Waals surface area contributed by atoms with Gasteiger partial charge in [0.1, 0.15) is 5.75 Å². The molecule has 0 atom stereocenters. The van der Waals surface area contributed by atoms with Crippen LogP contribution >= 0.6 is 0 Å². The first kappa shape index (κ1) is 13.5. The van der Waals surface area contributed by atoms with E-state index in [4.69, 9.17) is 4.74 Å². The number of nitrogens with one attached hydrogen (secondary N) is 1. The number of aromatic amines is 1. The van der Waals surface area contributed by atoms with Crippen molar-refractivity contribution in [3.8, 4) is 5.75 Å². The Morgan fingerprint density at radius 1 is 1.14 bits per heavy atom. The van der Waals surface area contributed by atoms with Crippen molar-refractivity contribution in [2.45, 2.75) is 19.9 Å². The molecular formula is C17H18N2O2. The van der Waals surface area contributed by atoms with Crippen molar-refractivity contribution < 1.29 is 4.74 Å². The zero-order chi connectivity index (χ0) is 14.8. The number of H-pyrrole nitrogens is 1. The summed E-state index contributed by atoms with van der Waals surface area (Å²) in [5, 5.41) is 1.77. The third-order valence-corrected chi connectivity index (χ3v) is 3.78. The minimum absolute atomic E-state index is 0.0410. The predicted molar refractivity (Wildman–Crippen MR) is 84.0 cm³/mol. The van der Waals surface area contributed by atoms with Gasteiger partial charge in [0.05, 0.1) is 19.0 Å². The van der Waals surface area contributed by atoms with Crippen LogP contribution in [0.1, 0.15) is 18.2 Å². The van der Waals surface area contributed by atoms with Gasteiger partial charge in [-0.1, -0.05) is 19.1 Å². The minimum Gasteiger partial charge on any atom is -0.497 e. The summed E-state index contributed by atoms with van der Waals surface area (Å²) in [5.74, 6) is 0.819. The van der Waals surface area contributed by atoms with Gasteiger partial charge in [-0.3, -0.25) is 4.79 Å². The van der Waals surface area contributed by atoms with Crippen molar-refractivity contribution in [3.63, 3.8) is 0 Å². The summed E-state index contributed by atoms with van der Waals surface area (Å²) in [4.78, 5) is 15.7. The van der Waals surface area contributed by atoms with E-state index in [-0.39, 0.29) is 5.56 Å². The topological polar surface area (TPSA) is 47.0 Å².